The van der Waals surface area contributed by atoms with Gasteiger partial charge in [-0.05, 0) is 74.9 Å². The summed E-state index contributed by atoms with van der Waals surface area (Å²) in [6, 6.07) is 16.5. The molecule has 1 N–H and O–H groups in total. The van der Waals surface area contributed by atoms with Gasteiger partial charge in [0, 0.05) is 17.3 Å². The van der Waals surface area contributed by atoms with E-state index in [-0.39, 0.29) is 6.54 Å². The number of hydrogen-bond acceptors (Lipinski definition) is 6. The zero-order chi connectivity index (χ0) is 27.4. The zero-order valence-corrected chi connectivity index (χ0v) is 21.9. The number of amides is 2. The number of hydrogen-bond donors (Lipinski definition) is 1. The summed E-state index contributed by atoms with van der Waals surface area (Å²) in [4.78, 5) is 29.2. The third kappa shape index (κ3) is 5.91. The number of nitrogens with one attached hydrogen (secondary N) is 1. The minimum Gasteiger partial charge on any atom is -0.497 e. The van der Waals surface area contributed by atoms with Crippen LogP contribution in [0.4, 0.5) is 10.1 Å². The lowest BCUT2D eigenvalue weighted by molar-refractivity contribution is -0.128. The van der Waals surface area contributed by atoms with E-state index in [1.165, 1.54) is 48.1 Å². The van der Waals surface area contributed by atoms with Crippen LogP contribution in [0.5, 0.6) is 11.5 Å². The standard InChI is InChI=1S/C28H30FN5O4/c1-28(2,3)30-27(36)26(18-14-21(37-4)16-22(15-18)38-5)34(20-12-10-19(29)11-13-20)25(35)17-33-24-9-7-6-8-23(24)31-32-33/h6-16,26H,17H2,1-5H3,(H,30,36)/t26-/m0/s1. The van der Waals surface area contributed by atoms with Gasteiger partial charge < -0.3 is 14.8 Å². The van der Waals surface area contributed by atoms with E-state index in [1.54, 1.807) is 24.3 Å². The minimum absolute atomic E-state index is 0.210. The van der Waals surface area contributed by atoms with Crippen molar-refractivity contribution in [1.82, 2.24) is 20.3 Å². The molecule has 1 atom stereocenters. The molecule has 1 heterocycles. The maximum absolute atomic E-state index is 14.0. The van der Waals surface area contributed by atoms with Gasteiger partial charge >= 0.3 is 0 Å². The van der Waals surface area contributed by atoms with Crippen molar-refractivity contribution in [2.75, 3.05) is 19.1 Å². The van der Waals surface area contributed by atoms with Gasteiger partial charge in [-0.15, -0.1) is 5.10 Å². The first-order valence-electron chi connectivity index (χ1n) is 12.0. The van der Waals surface area contributed by atoms with E-state index in [1.807, 2.05) is 39.0 Å². The Morgan fingerprint density at radius 3 is 2.24 bits per heavy atom. The maximum atomic E-state index is 14.0. The van der Waals surface area contributed by atoms with E-state index in [4.69, 9.17) is 9.47 Å². The van der Waals surface area contributed by atoms with Crippen molar-refractivity contribution in [3.63, 3.8) is 0 Å². The molecule has 0 spiro atoms. The Hall–Kier alpha value is -4.47. The van der Waals surface area contributed by atoms with Gasteiger partial charge in [0.15, 0.2) is 0 Å². The fourth-order valence-corrected chi connectivity index (χ4v) is 4.12. The molecule has 0 unspecified atom stereocenters. The lowest BCUT2D eigenvalue weighted by Gasteiger charge is -2.34. The van der Waals surface area contributed by atoms with Gasteiger partial charge in [-0.3, -0.25) is 14.5 Å². The Kier molecular flexibility index (Phi) is 7.61. The molecule has 0 aliphatic carbocycles. The summed E-state index contributed by atoms with van der Waals surface area (Å²) < 4.78 is 26.2. The van der Waals surface area contributed by atoms with E-state index in [0.717, 1.165) is 0 Å². The fraction of sp³-hybridized carbons (Fsp3) is 0.286. The molecular weight excluding hydrogens is 489 g/mol. The van der Waals surface area contributed by atoms with Crippen molar-refractivity contribution in [3.05, 3.63) is 78.1 Å². The number of halogens is 1. The summed E-state index contributed by atoms with van der Waals surface area (Å²) in [5.74, 6) is -0.470. The fourth-order valence-electron chi connectivity index (χ4n) is 4.12. The molecule has 198 valence electrons. The number of benzene rings is 3. The van der Waals surface area contributed by atoms with Crippen molar-refractivity contribution in [3.8, 4) is 11.5 Å². The number of rotatable bonds is 8. The molecule has 0 radical (unpaired) electrons. The van der Waals surface area contributed by atoms with Crippen LogP contribution in [0, 0.1) is 5.82 Å². The van der Waals surface area contributed by atoms with E-state index < -0.39 is 29.2 Å². The van der Waals surface area contributed by atoms with E-state index in [9.17, 15) is 14.0 Å². The molecular formula is C28H30FN5O4. The summed E-state index contributed by atoms with van der Waals surface area (Å²) in [5, 5.41) is 11.2. The van der Waals surface area contributed by atoms with Gasteiger partial charge in [-0.25, -0.2) is 9.07 Å². The highest BCUT2D eigenvalue weighted by Gasteiger charge is 2.35. The molecule has 4 aromatic rings. The van der Waals surface area contributed by atoms with Crippen LogP contribution in [-0.2, 0) is 16.1 Å². The number of methoxy groups -OCH3 is 2. The largest absolute Gasteiger partial charge is 0.497 e. The number of carbonyl (C=O) groups is 2. The van der Waals surface area contributed by atoms with E-state index in [2.05, 4.69) is 15.6 Å². The van der Waals surface area contributed by atoms with Crippen LogP contribution in [0.2, 0.25) is 0 Å². The number of fused-ring (bicyclic) bond motifs is 1. The highest BCUT2D eigenvalue weighted by molar-refractivity contribution is 6.01. The molecule has 4 rings (SSSR count). The van der Waals surface area contributed by atoms with Crippen molar-refractivity contribution in [2.45, 2.75) is 38.9 Å². The Morgan fingerprint density at radius 2 is 1.63 bits per heavy atom. The summed E-state index contributed by atoms with van der Waals surface area (Å²) in [7, 11) is 3.00. The van der Waals surface area contributed by atoms with Gasteiger partial charge in [0.1, 0.15) is 35.4 Å². The van der Waals surface area contributed by atoms with Gasteiger partial charge in [-0.2, -0.15) is 0 Å². The van der Waals surface area contributed by atoms with Crippen LogP contribution < -0.4 is 19.7 Å². The summed E-state index contributed by atoms with van der Waals surface area (Å²) in [6.45, 7) is 5.33. The number of aromatic nitrogens is 3. The molecule has 0 aliphatic rings. The van der Waals surface area contributed by atoms with Crippen molar-refractivity contribution in [2.24, 2.45) is 0 Å². The Labute approximate surface area is 220 Å². The molecule has 1 aromatic heterocycles. The Bertz CT molecular complexity index is 1420. The summed E-state index contributed by atoms with van der Waals surface area (Å²) in [5.41, 5.74) is 1.48. The van der Waals surface area contributed by atoms with Crippen molar-refractivity contribution < 1.29 is 23.5 Å². The first-order chi connectivity index (χ1) is 18.1. The number of para-hydroxylation sites is 1. The summed E-state index contributed by atoms with van der Waals surface area (Å²) >= 11 is 0. The Morgan fingerprint density at radius 1 is 1.00 bits per heavy atom. The molecule has 10 heteroatoms. The third-order valence-corrected chi connectivity index (χ3v) is 5.77. The predicted molar refractivity (Wildman–Crippen MR) is 142 cm³/mol. The number of nitrogens with zero attached hydrogens (tertiary/aromatic N) is 4. The van der Waals surface area contributed by atoms with Crippen molar-refractivity contribution in [1.29, 1.82) is 0 Å². The zero-order valence-electron chi connectivity index (χ0n) is 21.9. The van der Waals surface area contributed by atoms with Gasteiger partial charge in [0.2, 0.25) is 11.8 Å². The smallest absolute Gasteiger partial charge is 0.249 e. The van der Waals surface area contributed by atoms with Crippen LogP contribution in [0.25, 0.3) is 11.0 Å². The number of anilines is 1. The first kappa shape index (κ1) is 26.6. The molecule has 0 fully saturated rings. The quantitative estimate of drug-likeness (QED) is 0.373. The van der Waals surface area contributed by atoms with Crippen LogP contribution in [0.1, 0.15) is 32.4 Å². The highest BCUT2D eigenvalue weighted by Crippen LogP contribution is 2.34. The van der Waals surface area contributed by atoms with Crippen LogP contribution in [0.3, 0.4) is 0 Å². The van der Waals surface area contributed by atoms with Crippen molar-refractivity contribution >= 4 is 28.5 Å². The van der Waals surface area contributed by atoms with Gasteiger partial charge in [-0.1, -0.05) is 17.3 Å². The molecule has 9 nitrogen and oxygen atoms in total. The highest BCUT2D eigenvalue weighted by atomic mass is 19.1. The third-order valence-electron chi connectivity index (χ3n) is 5.77. The van der Waals surface area contributed by atoms with E-state index >= 15 is 0 Å². The second-order valence-corrected chi connectivity index (χ2v) is 9.76. The molecule has 0 bridgehead atoms. The average molecular weight is 520 g/mol. The van der Waals surface area contributed by atoms with Gasteiger partial charge in [0.05, 0.1) is 19.7 Å². The molecule has 38 heavy (non-hydrogen) atoms. The number of carbonyl (C=O) groups excluding carboxylic acids is 2. The normalized spacial score (nSPS) is 12.2. The first-order valence-corrected chi connectivity index (χ1v) is 12.0. The minimum atomic E-state index is -1.15. The van der Waals surface area contributed by atoms with E-state index in [0.29, 0.717) is 33.8 Å². The monoisotopic (exact) mass is 519 g/mol. The predicted octanol–water partition coefficient (Wildman–Crippen LogP) is 4.28. The average Bonchev–Trinajstić information content (AvgIpc) is 3.29. The second-order valence-electron chi connectivity index (χ2n) is 9.76. The lowest BCUT2D eigenvalue weighted by Crippen LogP contribution is -2.50. The van der Waals surface area contributed by atoms with Crippen LogP contribution in [0.15, 0.2) is 66.7 Å². The SMILES string of the molecule is COc1cc(OC)cc([C@@H](C(=O)NC(C)(C)C)N(C(=O)Cn2nnc3ccccc32)c2ccc(F)cc2)c1. The van der Waals surface area contributed by atoms with Gasteiger partial charge in [0.25, 0.3) is 0 Å². The van der Waals surface area contributed by atoms with Crippen LogP contribution in [-0.4, -0.2) is 46.6 Å². The van der Waals surface area contributed by atoms with Crippen LogP contribution >= 0.6 is 0 Å². The molecule has 0 saturated carbocycles. The lowest BCUT2D eigenvalue weighted by atomic mass is 10.00. The number of ether oxygens (including phenoxy) is 2. The Balaban J connectivity index is 1.87. The topological polar surface area (TPSA) is 98.6 Å². The molecule has 3 aromatic carbocycles. The molecule has 0 saturated heterocycles. The molecule has 2 amide bonds. The second kappa shape index (κ2) is 10.9. The summed E-state index contributed by atoms with van der Waals surface area (Å²) in [6.07, 6.45) is 0. The maximum Gasteiger partial charge on any atom is 0.249 e. The molecule has 0 aliphatic heterocycles.